The number of rotatable bonds is 6. The fourth-order valence-corrected chi connectivity index (χ4v) is 10.6. The Morgan fingerprint density at radius 2 is 1.43 bits per heavy atom. The molecule has 2 heteroatoms. The van der Waals surface area contributed by atoms with Gasteiger partial charge in [0, 0.05) is 44.4 Å². The Labute approximate surface area is 341 Å². The van der Waals surface area contributed by atoms with E-state index in [9.17, 15) is 0 Å². The third-order valence-corrected chi connectivity index (χ3v) is 13.5. The Kier molecular flexibility index (Phi) is 8.36. The molecule has 0 saturated carbocycles. The number of nitrogens with zero attached hydrogens (tertiary/aromatic N) is 2. The van der Waals surface area contributed by atoms with E-state index in [2.05, 4.69) is 211 Å². The van der Waals surface area contributed by atoms with Crippen molar-refractivity contribution in [2.75, 3.05) is 0 Å². The molecule has 4 aliphatic rings. The van der Waals surface area contributed by atoms with Crippen molar-refractivity contribution in [3.63, 3.8) is 0 Å². The van der Waals surface area contributed by atoms with Crippen LogP contribution in [0.2, 0.25) is 0 Å². The van der Waals surface area contributed by atoms with Gasteiger partial charge in [0.15, 0.2) is 0 Å². The molecule has 0 aliphatic heterocycles. The maximum absolute atomic E-state index is 2.69. The zero-order valence-corrected chi connectivity index (χ0v) is 33.4. The fraction of sp³-hybridized carbons (Fsp3) is 0.179. The van der Waals surface area contributed by atoms with E-state index in [1.165, 1.54) is 83.1 Å². The molecule has 2 unspecified atom stereocenters. The largest absolute Gasteiger partial charge is 0.333 e. The summed E-state index contributed by atoms with van der Waals surface area (Å²) >= 11 is 0. The maximum Gasteiger partial charge on any atom is 0.0569 e. The summed E-state index contributed by atoms with van der Waals surface area (Å²) < 4.78 is 5.11. The van der Waals surface area contributed by atoms with Crippen molar-refractivity contribution in [3.05, 3.63) is 216 Å². The molecule has 5 aromatic carbocycles. The lowest BCUT2D eigenvalue weighted by atomic mass is 9.72. The van der Waals surface area contributed by atoms with Crippen LogP contribution in [0.1, 0.15) is 61.9 Å². The van der Waals surface area contributed by atoms with Crippen LogP contribution in [0, 0.1) is 11.3 Å². The highest BCUT2D eigenvalue weighted by atomic mass is 15.0. The first kappa shape index (κ1) is 34.8. The zero-order chi connectivity index (χ0) is 38.8. The highest BCUT2D eigenvalue weighted by Crippen LogP contribution is 2.48. The fourth-order valence-electron chi connectivity index (χ4n) is 10.6. The van der Waals surface area contributed by atoms with Gasteiger partial charge in [0.2, 0.25) is 0 Å². The Bertz CT molecular complexity index is 2990. The number of para-hydroxylation sites is 3. The van der Waals surface area contributed by atoms with Crippen LogP contribution in [0.25, 0.3) is 55.6 Å². The van der Waals surface area contributed by atoms with Gasteiger partial charge in [-0.3, -0.25) is 0 Å². The molecule has 58 heavy (non-hydrogen) atoms. The first-order valence-electron chi connectivity index (χ1n) is 21.2. The van der Waals surface area contributed by atoms with E-state index in [-0.39, 0.29) is 17.4 Å². The van der Waals surface area contributed by atoms with Crippen LogP contribution >= 0.6 is 0 Å². The molecule has 2 nitrogen and oxygen atoms in total. The van der Waals surface area contributed by atoms with E-state index < -0.39 is 0 Å². The van der Waals surface area contributed by atoms with Crippen molar-refractivity contribution in [2.24, 2.45) is 11.3 Å². The van der Waals surface area contributed by atoms with Crippen LogP contribution in [0.15, 0.2) is 199 Å². The van der Waals surface area contributed by atoms with Crippen molar-refractivity contribution < 1.29 is 0 Å². The predicted octanol–water partition coefficient (Wildman–Crippen LogP) is 14.6. The molecule has 4 aliphatic carbocycles. The van der Waals surface area contributed by atoms with Gasteiger partial charge in [0.05, 0.1) is 17.1 Å². The quantitative estimate of drug-likeness (QED) is 0.160. The first-order chi connectivity index (χ1) is 28.6. The molecule has 4 atom stereocenters. The van der Waals surface area contributed by atoms with Crippen LogP contribution in [0.4, 0.5) is 0 Å². The molecule has 282 valence electrons. The van der Waals surface area contributed by atoms with Gasteiger partial charge in [-0.25, -0.2) is 0 Å². The Morgan fingerprint density at radius 1 is 0.672 bits per heavy atom. The smallest absolute Gasteiger partial charge is 0.0569 e. The number of aromatic nitrogens is 2. The van der Waals surface area contributed by atoms with E-state index in [0.717, 1.165) is 25.7 Å². The molecule has 2 heterocycles. The second kappa shape index (κ2) is 13.9. The topological polar surface area (TPSA) is 9.86 Å². The van der Waals surface area contributed by atoms with Crippen molar-refractivity contribution in [1.82, 2.24) is 9.13 Å². The average molecular weight is 749 g/mol. The first-order valence-corrected chi connectivity index (χ1v) is 21.2. The summed E-state index contributed by atoms with van der Waals surface area (Å²) in [5.74, 6) is 0.759. The Morgan fingerprint density at radius 3 is 2.28 bits per heavy atom. The van der Waals surface area contributed by atoms with Crippen LogP contribution in [0.3, 0.4) is 0 Å². The van der Waals surface area contributed by atoms with Crippen LogP contribution < -0.4 is 0 Å². The minimum Gasteiger partial charge on any atom is -0.333 e. The number of fused-ring (bicyclic) bond motifs is 6. The van der Waals surface area contributed by atoms with Gasteiger partial charge >= 0.3 is 0 Å². The second-order valence-electron chi connectivity index (χ2n) is 17.1. The van der Waals surface area contributed by atoms with E-state index in [0.29, 0.717) is 5.92 Å². The van der Waals surface area contributed by atoms with Crippen molar-refractivity contribution >= 4 is 38.8 Å². The molecule has 11 rings (SSSR count). The third kappa shape index (κ3) is 5.61. The van der Waals surface area contributed by atoms with E-state index in [4.69, 9.17) is 0 Å². The van der Waals surface area contributed by atoms with Gasteiger partial charge in [-0.2, -0.15) is 0 Å². The maximum atomic E-state index is 2.69. The summed E-state index contributed by atoms with van der Waals surface area (Å²) in [5, 5.41) is 3.97. The molecule has 0 fully saturated rings. The number of hydrogen-bond acceptors (Lipinski definition) is 0. The molecule has 0 N–H and O–H groups in total. The minimum absolute atomic E-state index is 0.0309. The van der Waals surface area contributed by atoms with Crippen LogP contribution in [-0.4, -0.2) is 9.13 Å². The molecule has 7 aromatic rings. The van der Waals surface area contributed by atoms with Crippen molar-refractivity contribution in [3.8, 4) is 16.8 Å². The van der Waals surface area contributed by atoms with Gasteiger partial charge < -0.3 is 9.13 Å². The molecule has 2 aromatic heterocycles. The highest BCUT2D eigenvalue weighted by Gasteiger charge is 2.33. The van der Waals surface area contributed by atoms with Gasteiger partial charge in [0.25, 0.3) is 0 Å². The minimum atomic E-state index is -0.0309. The summed E-state index contributed by atoms with van der Waals surface area (Å²) in [4.78, 5) is 0. The number of hydrogen-bond donors (Lipinski definition) is 0. The van der Waals surface area contributed by atoms with Gasteiger partial charge in [-0.1, -0.05) is 166 Å². The number of benzene rings is 5. The molecular weight excluding hydrogens is 701 g/mol. The van der Waals surface area contributed by atoms with Gasteiger partial charge in [0.1, 0.15) is 0 Å². The van der Waals surface area contributed by atoms with Crippen LogP contribution in [0.5, 0.6) is 0 Å². The summed E-state index contributed by atoms with van der Waals surface area (Å²) in [7, 11) is 0. The lowest BCUT2D eigenvalue weighted by Gasteiger charge is -2.35. The molecule has 0 radical (unpaired) electrons. The lowest BCUT2D eigenvalue weighted by molar-refractivity contribution is 0.503. The Hall–Kier alpha value is -6.38. The van der Waals surface area contributed by atoms with E-state index in [1.807, 2.05) is 0 Å². The molecule has 0 saturated heterocycles. The summed E-state index contributed by atoms with van der Waals surface area (Å²) in [6.45, 7) is 4.81. The molecule has 0 bridgehead atoms. The molecule has 0 amide bonds. The average Bonchev–Trinajstić information content (AvgIpc) is 3.80. The van der Waals surface area contributed by atoms with E-state index >= 15 is 0 Å². The van der Waals surface area contributed by atoms with E-state index in [1.54, 1.807) is 0 Å². The SMILES string of the molecule is CC1CC=CC=C1C1=CC(C2(C)C=CC=CC2)=C[C@H](n2c3c(c4ccccc42)C[C@H](c2ccccc2-c2cccc4c2c2ccccc2n4-c2ccccc2)C=C3)C1. The van der Waals surface area contributed by atoms with Gasteiger partial charge in [-0.05, 0) is 107 Å². The lowest BCUT2D eigenvalue weighted by Crippen LogP contribution is -2.23. The number of allylic oxidation sites excluding steroid dienone is 13. The van der Waals surface area contributed by atoms with Crippen molar-refractivity contribution in [1.29, 1.82) is 0 Å². The van der Waals surface area contributed by atoms with Gasteiger partial charge in [-0.15, -0.1) is 0 Å². The summed E-state index contributed by atoms with van der Waals surface area (Å²) in [5.41, 5.74) is 16.2. The second-order valence-corrected chi connectivity index (χ2v) is 17.1. The zero-order valence-electron chi connectivity index (χ0n) is 33.4. The Balaban J connectivity index is 1.03. The van der Waals surface area contributed by atoms with Crippen LogP contribution in [-0.2, 0) is 6.42 Å². The molecular formula is C56H48N2. The molecule has 0 spiro atoms. The highest BCUT2D eigenvalue weighted by molar-refractivity contribution is 6.16. The third-order valence-electron chi connectivity index (χ3n) is 13.5. The monoisotopic (exact) mass is 748 g/mol. The standard InChI is InChI=1S/C56H48N2/c1-38-18-7-8-21-44(38)40-34-41(56(2)32-15-4-16-33-56)37-43(35-40)58-51-27-13-11-24-47(51)50-36-39(30-31-53(50)58)45-22-9-10-23-46(45)48-26-17-29-54-55(48)49-25-12-14-28-52(49)57(54)42-19-5-3-6-20-42/h3-17,19-32,34,37-39,43H,18,33,35-36H2,1-2H3/t38?,39-,43-,56?/m1/s1. The summed E-state index contributed by atoms with van der Waals surface area (Å²) in [6.07, 6.45) is 30.3. The summed E-state index contributed by atoms with van der Waals surface area (Å²) in [6, 6.07) is 45.1. The van der Waals surface area contributed by atoms with Crippen molar-refractivity contribution in [2.45, 2.75) is 51.5 Å². The predicted molar refractivity (Wildman–Crippen MR) is 245 cm³/mol. The normalized spacial score (nSPS) is 22.7.